The average molecular weight is 387 g/mol. The number of nitrogens with zero attached hydrogens (tertiary/aromatic N) is 2. The Balaban J connectivity index is 1.61. The van der Waals surface area contributed by atoms with Crippen molar-refractivity contribution in [3.05, 3.63) is 89.7 Å². The second-order valence-electron chi connectivity index (χ2n) is 6.63. The van der Waals surface area contributed by atoms with Crippen molar-refractivity contribution < 1.29 is 13.6 Å². The Bertz CT molecular complexity index is 1170. The highest BCUT2D eigenvalue weighted by Crippen LogP contribution is 2.28. The van der Waals surface area contributed by atoms with Gasteiger partial charge in [0.05, 0.1) is 11.8 Å². The van der Waals surface area contributed by atoms with Gasteiger partial charge in [-0.15, -0.1) is 0 Å². The molecule has 0 aliphatic carbocycles. The number of pyridine rings is 1. The Labute approximate surface area is 167 Å². The van der Waals surface area contributed by atoms with E-state index >= 15 is 0 Å². The average Bonchev–Trinajstić information content (AvgIpc) is 3.23. The first-order chi connectivity index (χ1) is 14.0. The third-order valence-corrected chi connectivity index (χ3v) is 4.63. The van der Waals surface area contributed by atoms with E-state index in [4.69, 9.17) is 4.42 Å². The molecule has 6 heteroatoms. The molecule has 144 valence electrons. The highest BCUT2D eigenvalue weighted by atomic mass is 19.1. The number of benzene rings is 2. The van der Waals surface area contributed by atoms with E-state index in [2.05, 4.69) is 15.3 Å². The van der Waals surface area contributed by atoms with Gasteiger partial charge in [0.2, 0.25) is 5.89 Å². The molecule has 2 heterocycles. The van der Waals surface area contributed by atoms with Gasteiger partial charge in [-0.3, -0.25) is 4.79 Å². The maximum atomic E-state index is 14.0. The summed E-state index contributed by atoms with van der Waals surface area (Å²) in [7, 11) is 0. The summed E-state index contributed by atoms with van der Waals surface area (Å²) in [5, 5.41) is 2.68. The first-order valence-corrected chi connectivity index (χ1v) is 9.07. The molecule has 5 nitrogen and oxygen atoms in total. The molecule has 0 fully saturated rings. The largest absolute Gasteiger partial charge is 0.445 e. The lowest BCUT2D eigenvalue weighted by atomic mass is 10.0. The molecule has 4 aromatic rings. The van der Waals surface area contributed by atoms with E-state index in [1.807, 2.05) is 37.3 Å². The van der Waals surface area contributed by atoms with Crippen LogP contribution in [-0.2, 0) is 0 Å². The summed E-state index contributed by atoms with van der Waals surface area (Å²) in [6.45, 7) is 3.55. The van der Waals surface area contributed by atoms with Crippen LogP contribution < -0.4 is 5.32 Å². The summed E-state index contributed by atoms with van der Waals surface area (Å²) in [5.41, 5.74) is 4.05. The van der Waals surface area contributed by atoms with Crippen LogP contribution in [0.15, 0.2) is 71.5 Å². The summed E-state index contributed by atoms with van der Waals surface area (Å²) in [6, 6.07) is 15.9. The van der Waals surface area contributed by atoms with E-state index in [1.54, 1.807) is 31.3 Å². The SMILES string of the molecule is Cc1cccc(F)c1C(=O)Nc1ccc(-c2cccc(-c3ncco3)c2)c(C)n1. The number of rotatable bonds is 4. The molecular weight excluding hydrogens is 369 g/mol. The molecule has 4 rings (SSSR count). The van der Waals surface area contributed by atoms with Crippen LogP contribution in [0.2, 0.25) is 0 Å². The number of anilines is 1. The minimum absolute atomic E-state index is 0.0229. The van der Waals surface area contributed by atoms with Crippen LogP contribution in [0.25, 0.3) is 22.6 Å². The van der Waals surface area contributed by atoms with Crippen molar-refractivity contribution in [2.24, 2.45) is 0 Å². The van der Waals surface area contributed by atoms with Crippen molar-refractivity contribution in [2.45, 2.75) is 13.8 Å². The molecule has 0 saturated carbocycles. The number of nitrogens with one attached hydrogen (secondary N) is 1. The van der Waals surface area contributed by atoms with Crippen LogP contribution >= 0.6 is 0 Å². The van der Waals surface area contributed by atoms with E-state index < -0.39 is 11.7 Å². The summed E-state index contributed by atoms with van der Waals surface area (Å²) >= 11 is 0. The topological polar surface area (TPSA) is 68.0 Å². The second kappa shape index (κ2) is 7.67. The Morgan fingerprint density at radius 2 is 1.83 bits per heavy atom. The first-order valence-electron chi connectivity index (χ1n) is 9.07. The maximum absolute atomic E-state index is 14.0. The maximum Gasteiger partial charge on any atom is 0.260 e. The molecule has 0 aliphatic heterocycles. The molecule has 0 unspecified atom stereocenters. The second-order valence-corrected chi connectivity index (χ2v) is 6.63. The zero-order valence-electron chi connectivity index (χ0n) is 15.9. The summed E-state index contributed by atoms with van der Waals surface area (Å²) in [6.07, 6.45) is 3.13. The van der Waals surface area contributed by atoms with E-state index in [1.165, 1.54) is 12.3 Å². The normalized spacial score (nSPS) is 10.7. The van der Waals surface area contributed by atoms with Gasteiger partial charge < -0.3 is 9.73 Å². The fourth-order valence-corrected chi connectivity index (χ4v) is 3.22. The zero-order valence-corrected chi connectivity index (χ0v) is 15.9. The minimum Gasteiger partial charge on any atom is -0.445 e. The van der Waals surface area contributed by atoms with E-state index in [9.17, 15) is 9.18 Å². The molecule has 0 spiro atoms. The molecule has 0 aliphatic rings. The Morgan fingerprint density at radius 3 is 2.55 bits per heavy atom. The lowest BCUT2D eigenvalue weighted by molar-refractivity contribution is 0.102. The van der Waals surface area contributed by atoms with E-state index in [0.29, 0.717) is 17.3 Å². The van der Waals surface area contributed by atoms with Gasteiger partial charge in [0.25, 0.3) is 5.91 Å². The molecule has 1 N–H and O–H groups in total. The van der Waals surface area contributed by atoms with Crippen molar-refractivity contribution in [2.75, 3.05) is 5.32 Å². The lowest BCUT2D eigenvalue weighted by Gasteiger charge is -2.11. The molecule has 0 radical (unpaired) electrons. The van der Waals surface area contributed by atoms with E-state index in [0.717, 1.165) is 22.4 Å². The number of aromatic nitrogens is 2. The highest BCUT2D eigenvalue weighted by molar-refractivity contribution is 6.05. The molecule has 29 heavy (non-hydrogen) atoms. The van der Waals surface area contributed by atoms with Crippen LogP contribution in [0.4, 0.5) is 10.2 Å². The zero-order chi connectivity index (χ0) is 20.4. The standard InChI is InChI=1S/C23H18FN3O2/c1-14-5-3-8-19(24)21(14)22(28)27-20-10-9-18(15(2)26-20)16-6-4-7-17(13-16)23-25-11-12-29-23/h3-13H,1-2H3,(H,26,27,28). The Hall–Kier alpha value is -3.80. The van der Waals surface area contributed by atoms with Gasteiger partial charge in [-0.05, 0) is 55.3 Å². The minimum atomic E-state index is -0.556. The van der Waals surface area contributed by atoms with Gasteiger partial charge in [0.1, 0.15) is 17.9 Å². The molecule has 0 atom stereocenters. The van der Waals surface area contributed by atoms with Crippen molar-refractivity contribution in [1.82, 2.24) is 9.97 Å². The van der Waals surface area contributed by atoms with Gasteiger partial charge in [-0.1, -0.05) is 24.3 Å². The van der Waals surface area contributed by atoms with Gasteiger partial charge >= 0.3 is 0 Å². The molecular formula is C23H18FN3O2. The fraction of sp³-hybridized carbons (Fsp3) is 0.0870. The molecule has 2 aromatic heterocycles. The fourth-order valence-electron chi connectivity index (χ4n) is 3.22. The van der Waals surface area contributed by atoms with Gasteiger partial charge in [-0.2, -0.15) is 0 Å². The number of oxazole rings is 1. The number of hydrogen-bond acceptors (Lipinski definition) is 4. The van der Waals surface area contributed by atoms with Crippen LogP contribution in [0.1, 0.15) is 21.6 Å². The van der Waals surface area contributed by atoms with Gasteiger partial charge in [-0.25, -0.2) is 14.4 Å². The lowest BCUT2D eigenvalue weighted by Crippen LogP contribution is -2.16. The smallest absolute Gasteiger partial charge is 0.260 e. The number of halogens is 1. The number of hydrogen-bond donors (Lipinski definition) is 1. The third-order valence-electron chi connectivity index (χ3n) is 4.63. The van der Waals surface area contributed by atoms with Gasteiger partial charge in [0.15, 0.2) is 0 Å². The predicted octanol–water partition coefficient (Wildman–Crippen LogP) is 5.41. The monoisotopic (exact) mass is 387 g/mol. The number of carbonyl (C=O) groups excluding carboxylic acids is 1. The predicted molar refractivity (Wildman–Crippen MR) is 109 cm³/mol. The Morgan fingerprint density at radius 1 is 1.03 bits per heavy atom. The number of carbonyl (C=O) groups is 1. The van der Waals surface area contributed by atoms with Crippen molar-refractivity contribution in [3.8, 4) is 22.6 Å². The quantitative estimate of drug-likeness (QED) is 0.508. The number of aryl methyl sites for hydroxylation is 2. The van der Waals surface area contributed by atoms with Crippen molar-refractivity contribution in [1.29, 1.82) is 0 Å². The summed E-state index contributed by atoms with van der Waals surface area (Å²) < 4.78 is 19.4. The molecule has 2 aromatic carbocycles. The number of amides is 1. The highest BCUT2D eigenvalue weighted by Gasteiger charge is 2.16. The van der Waals surface area contributed by atoms with Crippen LogP contribution in [0, 0.1) is 19.7 Å². The van der Waals surface area contributed by atoms with Gasteiger partial charge in [0, 0.05) is 16.8 Å². The Kier molecular flexibility index (Phi) is 4.91. The van der Waals surface area contributed by atoms with Crippen molar-refractivity contribution in [3.63, 3.8) is 0 Å². The van der Waals surface area contributed by atoms with Crippen molar-refractivity contribution >= 4 is 11.7 Å². The van der Waals surface area contributed by atoms with Crippen LogP contribution in [0.5, 0.6) is 0 Å². The van der Waals surface area contributed by atoms with E-state index in [-0.39, 0.29) is 5.56 Å². The first kappa shape index (κ1) is 18.6. The summed E-state index contributed by atoms with van der Waals surface area (Å²) in [5.74, 6) is -0.172. The third kappa shape index (κ3) is 3.78. The molecule has 1 amide bonds. The molecule has 0 bridgehead atoms. The van der Waals surface area contributed by atoms with Crippen LogP contribution in [0.3, 0.4) is 0 Å². The molecule has 0 saturated heterocycles. The van der Waals surface area contributed by atoms with Crippen LogP contribution in [-0.4, -0.2) is 15.9 Å². The summed E-state index contributed by atoms with van der Waals surface area (Å²) in [4.78, 5) is 21.1.